The Labute approximate surface area is 107 Å². The Kier molecular flexibility index (Phi) is 5.36. The topological polar surface area (TPSA) is 58.9 Å². The zero-order chi connectivity index (χ0) is 13.5. The number of nitrogens with zero attached hydrogens (tertiary/aromatic N) is 1. The van der Waals surface area contributed by atoms with Crippen molar-refractivity contribution in [2.75, 3.05) is 6.61 Å². The molecule has 1 rings (SSSR count). The van der Waals surface area contributed by atoms with Crippen LogP contribution in [0.25, 0.3) is 0 Å². The Bertz CT molecular complexity index is 421. The van der Waals surface area contributed by atoms with Gasteiger partial charge in [0.2, 0.25) is 0 Å². The molecular weight excluding hydrogens is 230 g/mol. The zero-order valence-electron chi connectivity index (χ0n) is 11.0. The fourth-order valence-corrected chi connectivity index (χ4v) is 1.58. The van der Waals surface area contributed by atoms with Gasteiger partial charge in [-0.15, -0.1) is 0 Å². The van der Waals surface area contributed by atoms with Crippen LogP contribution in [-0.2, 0) is 16.0 Å². The first-order valence-corrected chi connectivity index (χ1v) is 6.05. The van der Waals surface area contributed by atoms with Gasteiger partial charge in [0.15, 0.2) is 5.71 Å². The molecule has 4 nitrogen and oxygen atoms in total. The van der Waals surface area contributed by atoms with Crippen LogP contribution < -0.4 is 0 Å². The molecule has 98 valence electrons. The molecule has 1 aromatic rings. The van der Waals surface area contributed by atoms with Gasteiger partial charge in [0, 0.05) is 6.42 Å². The van der Waals surface area contributed by atoms with E-state index in [1.807, 2.05) is 24.3 Å². The Morgan fingerprint density at radius 3 is 2.39 bits per heavy atom. The normalized spacial score (nSPS) is 11.7. The molecule has 0 bridgehead atoms. The van der Waals surface area contributed by atoms with Gasteiger partial charge < -0.3 is 9.94 Å². The molecule has 4 heteroatoms. The summed E-state index contributed by atoms with van der Waals surface area (Å²) in [4.78, 5) is 11.4. The predicted octanol–water partition coefficient (Wildman–Crippen LogP) is 2.75. The SMILES string of the molecule is CCOC(=O)/C(Cc1ccc(C(C)C)cc1)=N\O. The number of oxime groups is 1. The van der Waals surface area contributed by atoms with E-state index < -0.39 is 5.97 Å². The first-order chi connectivity index (χ1) is 8.58. The maximum Gasteiger partial charge on any atom is 0.356 e. The lowest BCUT2D eigenvalue weighted by atomic mass is 10.00. The van der Waals surface area contributed by atoms with Gasteiger partial charge in [0.1, 0.15) is 0 Å². The third kappa shape index (κ3) is 3.87. The number of benzene rings is 1. The van der Waals surface area contributed by atoms with Gasteiger partial charge in [0.05, 0.1) is 6.61 Å². The van der Waals surface area contributed by atoms with Crippen LogP contribution in [0.3, 0.4) is 0 Å². The third-order valence-electron chi connectivity index (χ3n) is 2.65. The Morgan fingerprint density at radius 1 is 1.33 bits per heavy atom. The van der Waals surface area contributed by atoms with Crippen molar-refractivity contribution in [3.05, 3.63) is 35.4 Å². The number of hydrogen-bond donors (Lipinski definition) is 1. The van der Waals surface area contributed by atoms with Crippen molar-refractivity contribution in [2.24, 2.45) is 5.16 Å². The molecule has 1 N–H and O–H groups in total. The first kappa shape index (κ1) is 14.2. The van der Waals surface area contributed by atoms with Gasteiger partial charge in [0.25, 0.3) is 0 Å². The largest absolute Gasteiger partial charge is 0.461 e. The van der Waals surface area contributed by atoms with Crippen LogP contribution in [0.2, 0.25) is 0 Å². The smallest absolute Gasteiger partial charge is 0.356 e. The number of rotatable bonds is 5. The summed E-state index contributed by atoms with van der Waals surface area (Å²) in [5, 5.41) is 11.8. The monoisotopic (exact) mass is 249 g/mol. The van der Waals surface area contributed by atoms with E-state index in [1.165, 1.54) is 5.56 Å². The van der Waals surface area contributed by atoms with Crippen LogP contribution in [0.4, 0.5) is 0 Å². The molecule has 0 aliphatic rings. The average molecular weight is 249 g/mol. The summed E-state index contributed by atoms with van der Waals surface area (Å²) >= 11 is 0. The molecule has 0 unspecified atom stereocenters. The minimum atomic E-state index is -0.576. The maximum absolute atomic E-state index is 11.4. The van der Waals surface area contributed by atoms with Crippen LogP contribution in [0, 0.1) is 0 Å². The van der Waals surface area contributed by atoms with Crippen molar-refractivity contribution < 1.29 is 14.7 Å². The number of esters is 1. The summed E-state index contributed by atoms with van der Waals surface area (Å²) in [6.45, 7) is 6.22. The lowest BCUT2D eigenvalue weighted by Crippen LogP contribution is -2.20. The number of hydrogen-bond acceptors (Lipinski definition) is 4. The quantitative estimate of drug-likeness (QED) is 0.378. The molecule has 0 heterocycles. The van der Waals surface area contributed by atoms with Gasteiger partial charge in [-0.2, -0.15) is 0 Å². The van der Waals surface area contributed by atoms with Crippen LogP contribution in [0.5, 0.6) is 0 Å². The van der Waals surface area contributed by atoms with E-state index in [4.69, 9.17) is 9.94 Å². The summed E-state index contributed by atoms with van der Waals surface area (Å²) in [6, 6.07) is 7.89. The standard InChI is InChI=1S/C14H19NO3/c1-4-18-14(16)13(15-17)9-11-5-7-12(8-6-11)10(2)3/h5-8,10,17H,4,9H2,1-3H3/b15-13-. The van der Waals surface area contributed by atoms with Crippen LogP contribution in [0.15, 0.2) is 29.4 Å². The molecule has 18 heavy (non-hydrogen) atoms. The molecule has 0 atom stereocenters. The van der Waals surface area contributed by atoms with Crippen LogP contribution >= 0.6 is 0 Å². The lowest BCUT2D eigenvalue weighted by molar-refractivity contribution is -0.135. The predicted molar refractivity (Wildman–Crippen MR) is 70.1 cm³/mol. The highest BCUT2D eigenvalue weighted by molar-refractivity contribution is 6.36. The van der Waals surface area contributed by atoms with Gasteiger partial charge >= 0.3 is 5.97 Å². The van der Waals surface area contributed by atoms with Crippen molar-refractivity contribution in [1.82, 2.24) is 0 Å². The minimum Gasteiger partial charge on any atom is -0.461 e. The molecule has 0 aliphatic heterocycles. The second kappa shape index (κ2) is 6.79. The highest BCUT2D eigenvalue weighted by Gasteiger charge is 2.14. The van der Waals surface area contributed by atoms with E-state index in [1.54, 1.807) is 6.92 Å². The van der Waals surface area contributed by atoms with Gasteiger partial charge in [-0.05, 0) is 24.0 Å². The van der Waals surface area contributed by atoms with Gasteiger partial charge in [-0.1, -0.05) is 43.3 Å². The second-order valence-corrected chi connectivity index (χ2v) is 4.34. The number of carbonyl (C=O) groups is 1. The highest BCUT2D eigenvalue weighted by Crippen LogP contribution is 2.15. The molecule has 0 saturated carbocycles. The van der Waals surface area contributed by atoms with Crippen molar-refractivity contribution >= 4 is 11.7 Å². The molecule has 0 saturated heterocycles. The average Bonchev–Trinajstić information content (AvgIpc) is 2.36. The van der Waals surface area contributed by atoms with Crippen LogP contribution in [-0.4, -0.2) is 23.5 Å². The molecule has 0 fully saturated rings. The molecular formula is C14H19NO3. The summed E-state index contributed by atoms with van der Waals surface area (Å²) in [6.07, 6.45) is 0.272. The highest BCUT2D eigenvalue weighted by atomic mass is 16.5. The zero-order valence-corrected chi connectivity index (χ0v) is 11.0. The summed E-state index contributed by atoms with van der Waals surface area (Å²) < 4.78 is 4.80. The minimum absolute atomic E-state index is 0.0224. The summed E-state index contributed by atoms with van der Waals surface area (Å²) in [7, 11) is 0. The fourth-order valence-electron chi connectivity index (χ4n) is 1.58. The number of ether oxygens (including phenoxy) is 1. The third-order valence-corrected chi connectivity index (χ3v) is 2.65. The Balaban J connectivity index is 2.74. The molecule has 0 amide bonds. The molecule has 0 radical (unpaired) electrons. The van der Waals surface area contributed by atoms with Crippen molar-refractivity contribution in [3.63, 3.8) is 0 Å². The molecule has 0 aliphatic carbocycles. The maximum atomic E-state index is 11.4. The molecule has 1 aromatic carbocycles. The van der Waals surface area contributed by atoms with E-state index in [2.05, 4.69) is 19.0 Å². The van der Waals surface area contributed by atoms with Gasteiger partial charge in [-0.25, -0.2) is 4.79 Å². The van der Waals surface area contributed by atoms with E-state index in [0.29, 0.717) is 5.92 Å². The van der Waals surface area contributed by atoms with Crippen LogP contribution in [0.1, 0.15) is 37.8 Å². The van der Waals surface area contributed by atoms with Crippen molar-refractivity contribution in [1.29, 1.82) is 0 Å². The Hall–Kier alpha value is -1.84. The first-order valence-electron chi connectivity index (χ1n) is 6.05. The molecule has 0 aromatic heterocycles. The second-order valence-electron chi connectivity index (χ2n) is 4.34. The van der Waals surface area contributed by atoms with E-state index in [-0.39, 0.29) is 18.7 Å². The van der Waals surface area contributed by atoms with Crippen molar-refractivity contribution in [2.45, 2.75) is 33.1 Å². The lowest BCUT2D eigenvalue weighted by Gasteiger charge is -2.07. The number of carbonyl (C=O) groups excluding carboxylic acids is 1. The Morgan fingerprint density at radius 2 is 1.94 bits per heavy atom. The fraction of sp³-hybridized carbons (Fsp3) is 0.429. The molecule has 0 spiro atoms. The van der Waals surface area contributed by atoms with E-state index >= 15 is 0 Å². The van der Waals surface area contributed by atoms with Crippen molar-refractivity contribution in [3.8, 4) is 0 Å². The van der Waals surface area contributed by atoms with E-state index in [0.717, 1.165) is 5.56 Å². The van der Waals surface area contributed by atoms with E-state index in [9.17, 15) is 4.79 Å². The summed E-state index contributed by atoms with van der Waals surface area (Å²) in [5.74, 6) is -0.108. The summed E-state index contributed by atoms with van der Waals surface area (Å²) in [5.41, 5.74) is 2.17. The van der Waals surface area contributed by atoms with Gasteiger partial charge in [-0.3, -0.25) is 0 Å².